The molecule has 1 fully saturated rings. The fourth-order valence-electron chi connectivity index (χ4n) is 3.75. The van der Waals surface area contributed by atoms with Crippen molar-refractivity contribution in [2.75, 3.05) is 44.3 Å². The summed E-state index contributed by atoms with van der Waals surface area (Å²) in [4.78, 5) is 2.27. The zero-order chi connectivity index (χ0) is 21.3. The Bertz CT molecular complexity index is 1160. The molecule has 1 aromatic heterocycles. The summed E-state index contributed by atoms with van der Waals surface area (Å²) in [6, 6.07) is 18.5. The van der Waals surface area contributed by atoms with Gasteiger partial charge in [-0.2, -0.15) is 4.31 Å². The van der Waals surface area contributed by atoms with E-state index in [1.54, 1.807) is 18.2 Å². The second-order valence-corrected chi connectivity index (χ2v) is 9.28. The van der Waals surface area contributed by atoms with Crippen molar-refractivity contribution >= 4 is 15.8 Å². The van der Waals surface area contributed by atoms with Gasteiger partial charge in [0.2, 0.25) is 10.0 Å². The van der Waals surface area contributed by atoms with Crippen LogP contribution in [-0.2, 0) is 10.0 Å². The van der Waals surface area contributed by atoms with Gasteiger partial charge in [0, 0.05) is 37.8 Å². The molecule has 0 N–H and O–H groups in total. The van der Waals surface area contributed by atoms with Crippen LogP contribution in [0.4, 0.5) is 5.82 Å². The lowest BCUT2D eigenvalue weighted by atomic mass is 10.1. The highest BCUT2D eigenvalue weighted by Gasteiger charge is 2.30. The quantitative estimate of drug-likeness (QED) is 0.618. The summed E-state index contributed by atoms with van der Waals surface area (Å²) < 4.78 is 38.7. The molecule has 1 saturated heterocycles. The van der Waals surface area contributed by atoms with Crippen molar-refractivity contribution < 1.29 is 17.9 Å². The van der Waals surface area contributed by atoms with Crippen LogP contribution in [0.15, 0.2) is 65.6 Å². The highest BCUT2D eigenvalue weighted by atomic mass is 32.2. The van der Waals surface area contributed by atoms with Crippen molar-refractivity contribution in [3.05, 3.63) is 60.7 Å². The van der Waals surface area contributed by atoms with Gasteiger partial charge >= 0.3 is 0 Å². The average Bonchev–Trinajstić information content (AvgIpc) is 2.84. The largest absolute Gasteiger partial charge is 0.486 e. The number of rotatable bonds is 4. The van der Waals surface area contributed by atoms with Crippen molar-refractivity contribution in [2.45, 2.75) is 4.90 Å². The molecule has 160 valence electrons. The van der Waals surface area contributed by atoms with E-state index in [0.29, 0.717) is 50.9 Å². The first-order chi connectivity index (χ1) is 15.1. The fourth-order valence-corrected chi connectivity index (χ4v) is 5.19. The summed E-state index contributed by atoms with van der Waals surface area (Å²) in [7, 11) is -3.61. The predicted molar refractivity (Wildman–Crippen MR) is 116 cm³/mol. The molecule has 0 bridgehead atoms. The van der Waals surface area contributed by atoms with E-state index >= 15 is 0 Å². The first kappa shape index (κ1) is 19.8. The van der Waals surface area contributed by atoms with Crippen molar-refractivity contribution in [3.8, 4) is 22.8 Å². The van der Waals surface area contributed by atoms with E-state index in [1.165, 1.54) is 4.31 Å². The van der Waals surface area contributed by atoms with Gasteiger partial charge in [-0.1, -0.05) is 30.3 Å². The zero-order valence-electron chi connectivity index (χ0n) is 16.8. The number of benzene rings is 2. The molecule has 0 saturated carbocycles. The smallest absolute Gasteiger partial charge is 0.243 e. The van der Waals surface area contributed by atoms with Crippen LogP contribution in [0.25, 0.3) is 11.3 Å². The van der Waals surface area contributed by atoms with Crippen LogP contribution in [0.3, 0.4) is 0 Å². The summed E-state index contributed by atoms with van der Waals surface area (Å²) in [6.45, 7) is 2.72. The van der Waals surface area contributed by atoms with Crippen LogP contribution in [0.5, 0.6) is 11.5 Å². The molecule has 8 nitrogen and oxygen atoms in total. The van der Waals surface area contributed by atoms with Gasteiger partial charge in [0.05, 0.1) is 10.6 Å². The predicted octanol–water partition coefficient (Wildman–Crippen LogP) is 2.43. The van der Waals surface area contributed by atoms with Crippen LogP contribution in [-0.4, -0.2) is 62.3 Å². The second-order valence-electron chi connectivity index (χ2n) is 7.34. The van der Waals surface area contributed by atoms with Crippen LogP contribution >= 0.6 is 0 Å². The third-order valence-electron chi connectivity index (χ3n) is 5.43. The van der Waals surface area contributed by atoms with Crippen LogP contribution < -0.4 is 14.4 Å². The third-order valence-corrected chi connectivity index (χ3v) is 7.33. The Morgan fingerprint density at radius 2 is 1.52 bits per heavy atom. The van der Waals surface area contributed by atoms with Gasteiger partial charge in [0.1, 0.15) is 13.2 Å². The molecule has 0 atom stereocenters. The van der Waals surface area contributed by atoms with Crippen molar-refractivity contribution in [1.82, 2.24) is 14.5 Å². The molecule has 3 heterocycles. The molecule has 31 heavy (non-hydrogen) atoms. The Labute approximate surface area is 181 Å². The zero-order valence-corrected chi connectivity index (χ0v) is 17.7. The highest BCUT2D eigenvalue weighted by Crippen LogP contribution is 2.33. The molecular formula is C22H22N4O4S. The average molecular weight is 439 g/mol. The van der Waals surface area contributed by atoms with Gasteiger partial charge < -0.3 is 14.4 Å². The Morgan fingerprint density at radius 3 is 2.23 bits per heavy atom. The minimum absolute atomic E-state index is 0.220. The summed E-state index contributed by atoms with van der Waals surface area (Å²) >= 11 is 0. The number of piperazine rings is 1. The number of nitrogens with zero attached hydrogens (tertiary/aromatic N) is 4. The fraction of sp³-hybridized carbons (Fsp3) is 0.273. The van der Waals surface area contributed by atoms with E-state index in [4.69, 9.17) is 9.47 Å². The van der Waals surface area contributed by atoms with Crippen molar-refractivity contribution in [3.63, 3.8) is 0 Å². The topological polar surface area (TPSA) is 84.9 Å². The number of hydrogen-bond donors (Lipinski definition) is 0. The van der Waals surface area contributed by atoms with Crippen molar-refractivity contribution in [2.24, 2.45) is 0 Å². The summed E-state index contributed by atoms with van der Waals surface area (Å²) in [5, 5.41) is 8.68. The first-order valence-corrected chi connectivity index (χ1v) is 11.6. The molecule has 2 aliphatic heterocycles. The Kier molecular flexibility index (Phi) is 5.21. The second kappa shape index (κ2) is 8.16. The molecule has 0 unspecified atom stereocenters. The van der Waals surface area contributed by atoms with Crippen LogP contribution in [0.1, 0.15) is 0 Å². The lowest BCUT2D eigenvalue weighted by Crippen LogP contribution is -2.49. The number of ether oxygens (including phenoxy) is 2. The molecule has 0 spiro atoms. The Balaban J connectivity index is 1.27. The maximum Gasteiger partial charge on any atom is 0.243 e. The number of hydrogen-bond acceptors (Lipinski definition) is 7. The number of aromatic nitrogens is 2. The van der Waals surface area contributed by atoms with E-state index < -0.39 is 10.0 Å². The summed E-state index contributed by atoms with van der Waals surface area (Å²) in [6.07, 6.45) is 0. The Hall–Kier alpha value is -3.17. The van der Waals surface area contributed by atoms with E-state index in [-0.39, 0.29) is 4.90 Å². The van der Waals surface area contributed by atoms with E-state index in [1.807, 2.05) is 42.5 Å². The lowest BCUT2D eigenvalue weighted by Gasteiger charge is -2.34. The molecule has 5 rings (SSSR count). The lowest BCUT2D eigenvalue weighted by molar-refractivity contribution is 0.171. The maximum atomic E-state index is 13.1. The number of sulfonamides is 1. The molecule has 0 aliphatic carbocycles. The van der Waals surface area contributed by atoms with Gasteiger partial charge in [0.15, 0.2) is 17.3 Å². The SMILES string of the molecule is O=S(=O)(c1ccc2c(c1)OCCO2)N1CCN(c2ccc(-c3ccccc3)nn2)CC1. The van der Waals surface area contributed by atoms with Gasteiger partial charge in [0.25, 0.3) is 0 Å². The van der Waals surface area contributed by atoms with Crippen molar-refractivity contribution in [1.29, 1.82) is 0 Å². The first-order valence-electron chi connectivity index (χ1n) is 10.2. The normalized spacial score (nSPS) is 16.8. The standard InChI is InChI=1S/C22H22N4O4S/c27-31(28,18-6-8-20-21(16-18)30-15-14-29-20)26-12-10-25(11-13-26)22-9-7-19(23-24-22)17-4-2-1-3-5-17/h1-9,16H,10-15H2. The van der Waals surface area contributed by atoms with E-state index in [2.05, 4.69) is 15.1 Å². The molecule has 0 radical (unpaired) electrons. The number of fused-ring (bicyclic) bond motifs is 1. The van der Waals surface area contributed by atoms with Crippen LogP contribution in [0, 0.1) is 0 Å². The minimum atomic E-state index is -3.61. The minimum Gasteiger partial charge on any atom is -0.486 e. The molecule has 2 aromatic carbocycles. The van der Waals surface area contributed by atoms with Gasteiger partial charge in [-0.25, -0.2) is 8.42 Å². The third kappa shape index (κ3) is 3.94. The van der Waals surface area contributed by atoms with Crippen LogP contribution in [0.2, 0.25) is 0 Å². The Morgan fingerprint density at radius 1 is 0.774 bits per heavy atom. The molecule has 9 heteroatoms. The molecule has 0 amide bonds. The summed E-state index contributed by atoms with van der Waals surface area (Å²) in [5.41, 5.74) is 1.82. The number of anilines is 1. The monoisotopic (exact) mass is 438 g/mol. The van der Waals surface area contributed by atoms with Gasteiger partial charge in [-0.05, 0) is 24.3 Å². The van der Waals surface area contributed by atoms with E-state index in [0.717, 1.165) is 17.1 Å². The highest BCUT2D eigenvalue weighted by molar-refractivity contribution is 7.89. The molecule has 3 aromatic rings. The maximum absolute atomic E-state index is 13.1. The van der Waals surface area contributed by atoms with E-state index in [9.17, 15) is 8.42 Å². The molecular weight excluding hydrogens is 416 g/mol. The van der Waals surface area contributed by atoms with Gasteiger partial charge in [-0.15, -0.1) is 10.2 Å². The van der Waals surface area contributed by atoms with Gasteiger partial charge in [-0.3, -0.25) is 0 Å². The summed E-state index contributed by atoms with van der Waals surface area (Å²) in [5.74, 6) is 1.79. The molecule has 2 aliphatic rings.